The van der Waals surface area contributed by atoms with Gasteiger partial charge in [-0.3, -0.25) is 4.79 Å². The summed E-state index contributed by atoms with van der Waals surface area (Å²) in [6.45, 7) is 3.81. The van der Waals surface area contributed by atoms with Crippen LogP contribution in [0.3, 0.4) is 0 Å². The minimum absolute atomic E-state index is 0.248. The molecule has 0 aromatic heterocycles. The Bertz CT molecular complexity index is 558. The molecule has 1 aliphatic carbocycles. The zero-order chi connectivity index (χ0) is 17.7. The molecule has 1 saturated carbocycles. The van der Waals surface area contributed by atoms with Gasteiger partial charge in [0.25, 0.3) is 0 Å². The van der Waals surface area contributed by atoms with E-state index < -0.39 is 5.54 Å². The summed E-state index contributed by atoms with van der Waals surface area (Å²) >= 11 is 0. The molecule has 1 heterocycles. The second-order valence-corrected chi connectivity index (χ2v) is 7.78. The quantitative estimate of drug-likeness (QED) is 0.808. The van der Waals surface area contributed by atoms with Crippen LogP contribution in [0.15, 0.2) is 24.3 Å². The van der Waals surface area contributed by atoms with Gasteiger partial charge < -0.3 is 15.0 Å². The predicted octanol–water partition coefficient (Wildman–Crippen LogP) is 4.14. The molecule has 2 fully saturated rings. The molecule has 1 atom stereocenters. The molecule has 4 heteroatoms. The fourth-order valence-corrected chi connectivity index (χ4v) is 4.18. The van der Waals surface area contributed by atoms with Crippen LogP contribution in [0, 0.1) is 6.92 Å². The highest BCUT2D eigenvalue weighted by Gasteiger charge is 2.42. The van der Waals surface area contributed by atoms with E-state index in [0.717, 1.165) is 57.4 Å². The number of anilines is 1. The van der Waals surface area contributed by atoms with E-state index in [1.807, 2.05) is 11.9 Å². The highest BCUT2D eigenvalue weighted by Crippen LogP contribution is 2.35. The van der Waals surface area contributed by atoms with E-state index in [-0.39, 0.29) is 5.91 Å². The van der Waals surface area contributed by atoms with Crippen molar-refractivity contribution in [2.24, 2.45) is 0 Å². The maximum absolute atomic E-state index is 13.2. The molecule has 2 aliphatic rings. The second kappa shape index (κ2) is 8.22. The van der Waals surface area contributed by atoms with Gasteiger partial charge in [-0.05, 0) is 57.6 Å². The molecule has 0 spiro atoms. The fourth-order valence-electron chi connectivity index (χ4n) is 4.18. The van der Waals surface area contributed by atoms with Gasteiger partial charge in [0.05, 0.1) is 6.10 Å². The number of hydrogen-bond acceptors (Lipinski definition) is 3. The number of aryl methyl sites for hydroxylation is 1. The molecule has 0 radical (unpaired) electrons. The Morgan fingerprint density at radius 1 is 1.24 bits per heavy atom. The van der Waals surface area contributed by atoms with Crippen LogP contribution in [0.5, 0.6) is 0 Å². The van der Waals surface area contributed by atoms with Crippen molar-refractivity contribution in [3.8, 4) is 0 Å². The van der Waals surface area contributed by atoms with Crippen LogP contribution in [-0.4, -0.2) is 42.6 Å². The van der Waals surface area contributed by atoms with Crippen molar-refractivity contribution in [3.63, 3.8) is 0 Å². The third kappa shape index (κ3) is 4.55. The Morgan fingerprint density at radius 3 is 2.60 bits per heavy atom. The van der Waals surface area contributed by atoms with Crippen LogP contribution < -0.4 is 5.32 Å². The summed E-state index contributed by atoms with van der Waals surface area (Å²) in [4.78, 5) is 15.1. The van der Waals surface area contributed by atoms with Gasteiger partial charge in [0.1, 0.15) is 5.54 Å². The van der Waals surface area contributed by atoms with Crippen LogP contribution in [0.2, 0.25) is 0 Å². The predicted molar refractivity (Wildman–Crippen MR) is 102 cm³/mol. The van der Waals surface area contributed by atoms with Crippen LogP contribution in [-0.2, 0) is 9.53 Å². The molecule has 25 heavy (non-hydrogen) atoms. The smallest absolute Gasteiger partial charge is 0.247 e. The number of benzene rings is 1. The third-order valence-electron chi connectivity index (χ3n) is 5.69. The first-order valence-corrected chi connectivity index (χ1v) is 9.81. The Kier molecular flexibility index (Phi) is 6.00. The van der Waals surface area contributed by atoms with E-state index in [0.29, 0.717) is 6.10 Å². The maximum atomic E-state index is 13.2. The van der Waals surface area contributed by atoms with E-state index in [2.05, 4.69) is 36.5 Å². The highest BCUT2D eigenvalue weighted by molar-refractivity contribution is 5.89. The normalized spacial score (nSPS) is 22.1. The first kappa shape index (κ1) is 18.2. The van der Waals surface area contributed by atoms with Gasteiger partial charge in [-0.2, -0.15) is 0 Å². The zero-order valence-corrected chi connectivity index (χ0v) is 15.7. The average molecular weight is 344 g/mol. The summed E-state index contributed by atoms with van der Waals surface area (Å²) in [5.74, 6) is 0.248. The van der Waals surface area contributed by atoms with Gasteiger partial charge in [-0.1, -0.05) is 30.5 Å². The van der Waals surface area contributed by atoms with Crippen molar-refractivity contribution in [1.29, 1.82) is 0 Å². The highest BCUT2D eigenvalue weighted by atomic mass is 16.5. The number of likely N-dealkylation sites (N-methyl/N-ethyl adjacent to an activating group) is 1. The van der Waals surface area contributed by atoms with E-state index in [4.69, 9.17) is 4.74 Å². The number of rotatable bonds is 7. The fraction of sp³-hybridized carbons (Fsp3) is 0.667. The van der Waals surface area contributed by atoms with Crippen LogP contribution in [0.25, 0.3) is 0 Å². The van der Waals surface area contributed by atoms with Gasteiger partial charge in [0.2, 0.25) is 5.91 Å². The van der Waals surface area contributed by atoms with Crippen molar-refractivity contribution in [2.45, 2.75) is 69.9 Å². The van der Waals surface area contributed by atoms with Crippen molar-refractivity contribution >= 4 is 11.6 Å². The molecule has 4 nitrogen and oxygen atoms in total. The Hall–Kier alpha value is -1.55. The first-order valence-electron chi connectivity index (χ1n) is 9.81. The molecule has 1 saturated heterocycles. The summed E-state index contributed by atoms with van der Waals surface area (Å²) in [6, 6.07) is 8.36. The number of nitrogens with zero attached hydrogens (tertiary/aromatic N) is 1. The van der Waals surface area contributed by atoms with E-state index >= 15 is 0 Å². The van der Waals surface area contributed by atoms with E-state index in [1.165, 1.54) is 18.4 Å². The van der Waals surface area contributed by atoms with Gasteiger partial charge >= 0.3 is 0 Å². The minimum Gasteiger partial charge on any atom is -0.378 e. The lowest BCUT2D eigenvalue weighted by Gasteiger charge is -2.34. The molecule has 138 valence electrons. The number of carbonyl (C=O) groups is 1. The largest absolute Gasteiger partial charge is 0.378 e. The van der Waals surface area contributed by atoms with E-state index in [9.17, 15) is 4.79 Å². The SMILES string of the molecule is Cc1ccc(NC2(C(=O)N(C)CCC[C@H]3CCCO3)CCCC2)cc1. The summed E-state index contributed by atoms with van der Waals surface area (Å²) in [6.07, 6.45) is 8.95. The van der Waals surface area contributed by atoms with Gasteiger partial charge in [0.15, 0.2) is 0 Å². The minimum atomic E-state index is -0.423. The number of carbonyl (C=O) groups excluding carboxylic acids is 1. The molecule has 0 unspecified atom stereocenters. The van der Waals surface area contributed by atoms with Gasteiger partial charge in [-0.15, -0.1) is 0 Å². The molecule has 1 aliphatic heterocycles. The van der Waals surface area contributed by atoms with Gasteiger partial charge in [-0.25, -0.2) is 0 Å². The molecule has 1 N–H and O–H groups in total. The molecule has 0 bridgehead atoms. The molecule has 3 rings (SSSR count). The lowest BCUT2D eigenvalue weighted by molar-refractivity contribution is -0.134. The van der Waals surface area contributed by atoms with E-state index in [1.54, 1.807) is 0 Å². The van der Waals surface area contributed by atoms with Crippen molar-refractivity contribution in [2.75, 3.05) is 25.5 Å². The second-order valence-electron chi connectivity index (χ2n) is 7.78. The third-order valence-corrected chi connectivity index (χ3v) is 5.69. The monoisotopic (exact) mass is 344 g/mol. The van der Waals surface area contributed by atoms with Crippen LogP contribution in [0.4, 0.5) is 5.69 Å². The summed E-state index contributed by atoms with van der Waals surface area (Å²) in [5, 5.41) is 3.58. The van der Waals surface area contributed by atoms with Crippen molar-refractivity contribution in [1.82, 2.24) is 4.90 Å². The Morgan fingerprint density at radius 2 is 1.96 bits per heavy atom. The summed E-state index contributed by atoms with van der Waals surface area (Å²) < 4.78 is 5.69. The standard InChI is InChI=1S/C21H32N2O2/c1-17-9-11-18(12-10-17)22-21(13-3-4-14-21)20(24)23(2)15-5-7-19-8-6-16-25-19/h9-12,19,22H,3-8,13-16H2,1-2H3/t19-/m0/s1. The average Bonchev–Trinajstić information content (AvgIpc) is 3.29. The molecular formula is C21H32N2O2. The Balaban J connectivity index is 1.58. The van der Waals surface area contributed by atoms with Gasteiger partial charge in [0, 0.05) is 25.9 Å². The van der Waals surface area contributed by atoms with Crippen molar-refractivity contribution < 1.29 is 9.53 Å². The number of nitrogens with one attached hydrogen (secondary N) is 1. The molecule has 1 aromatic carbocycles. The Labute approximate surface area is 151 Å². The lowest BCUT2D eigenvalue weighted by Crippen LogP contribution is -2.51. The molecule has 1 aromatic rings. The topological polar surface area (TPSA) is 41.6 Å². The van der Waals surface area contributed by atoms with Crippen molar-refractivity contribution in [3.05, 3.63) is 29.8 Å². The number of hydrogen-bond donors (Lipinski definition) is 1. The maximum Gasteiger partial charge on any atom is 0.247 e. The van der Waals surface area contributed by atoms with Crippen LogP contribution >= 0.6 is 0 Å². The zero-order valence-electron chi connectivity index (χ0n) is 15.7. The lowest BCUT2D eigenvalue weighted by atomic mass is 9.94. The number of amides is 1. The first-order chi connectivity index (χ1) is 12.1. The number of ether oxygens (including phenoxy) is 1. The molecular weight excluding hydrogens is 312 g/mol. The summed E-state index contributed by atoms with van der Waals surface area (Å²) in [5.41, 5.74) is 1.87. The van der Waals surface area contributed by atoms with Crippen LogP contribution in [0.1, 0.15) is 56.9 Å². The molecule has 1 amide bonds. The summed E-state index contributed by atoms with van der Waals surface area (Å²) in [7, 11) is 1.95.